The van der Waals surface area contributed by atoms with E-state index in [1.807, 2.05) is 30.3 Å². The molecular weight excluding hydrogens is 256 g/mol. The third kappa shape index (κ3) is 4.68. The zero-order valence-electron chi connectivity index (χ0n) is 11.6. The Hall–Kier alpha value is -1.33. The summed E-state index contributed by atoms with van der Waals surface area (Å²) in [5.74, 6) is 0. The van der Waals surface area contributed by atoms with Crippen LogP contribution in [0, 0.1) is 0 Å². The molecule has 1 saturated heterocycles. The molecule has 1 aliphatic heterocycles. The van der Waals surface area contributed by atoms with Crippen LogP contribution in [0.2, 0.25) is 19.1 Å². The molecule has 4 nitrogen and oxygen atoms in total. The number of rotatable bonds is 4. The van der Waals surface area contributed by atoms with Gasteiger partial charge in [-0.25, -0.2) is 4.79 Å². The zero-order chi connectivity index (χ0) is 13.7. The Labute approximate surface area is 115 Å². The topological polar surface area (TPSA) is 50.4 Å². The van der Waals surface area contributed by atoms with Crippen LogP contribution in [-0.4, -0.2) is 32.9 Å². The van der Waals surface area contributed by atoms with Crippen LogP contribution in [0.3, 0.4) is 0 Å². The number of nitrogens with one attached hydrogen (secondary N) is 2. The van der Waals surface area contributed by atoms with Crippen LogP contribution < -0.4 is 10.6 Å². The van der Waals surface area contributed by atoms with Gasteiger partial charge in [0.05, 0.1) is 8.07 Å². The van der Waals surface area contributed by atoms with Crippen molar-refractivity contribution >= 4 is 14.2 Å². The van der Waals surface area contributed by atoms with Gasteiger partial charge in [0, 0.05) is 12.6 Å². The van der Waals surface area contributed by atoms with E-state index in [1.54, 1.807) is 0 Å². The first-order valence-electron chi connectivity index (χ1n) is 6.73. The Morgan fingerprint density at radius 1 is 1.42 bits per heavy atom. The molecule has 1 aromatic carbocycles. The molecule has 0 radical (unpaired) electrons. The van der Waals surface area contributed by atoms with Crippen LogP contribution in [0.1, 0.15) is 5.56 Å². The molecule has 0 saturated carbocycles. The zero-order valence-corrected chi connectivity index (χ0v) is 12.6. The molecule has 1 amide bonds. The molecule has 1 fully saturated rings. The van der Waals surface area contributed by atoms with Crippen molar-refractivity contribution in [3.05, 3.63) is 35.9 Å². The lowest BCUT2D eigenvalue weighted by atomic mass is 10.2. The van der Waals surface area contributed by atoms with E-state index in [0.29, 0.717) is 19.2 Å². The highest BCUT2D eigenvalue weighted by atomic mass is 28.3. The first kappa shape index (κ1) is 14.1. The van der Waals surface area contributed by atoms with Crippen LogP contribution in [0.5, 0.6) is 0 Å². The first-order valence-corrected chi connectivity index (χ1v) is 10.1. The lowest BCUT2D eigenvalue weighted by molar-refractivity contribution is 0.139. The van der Waals surface area contributed by atoms with Crippen molar-refractivity contribution < 1.29 is 9.53 Å². The lowest BCUT2D eigenvalue weighted by Crippen LogP contribution is -2.37. The summed E-state index contributed by atoms with van der Waals surface area (Å²) < 4.78 is 5.17. The normalized spacial score (nSPS) is 21.1. The van der Waals surface area contributed by atoms with Crippen molar-refractivity contribution in [2.45, 2.75) is 31.8 Å². The van der Waals surface area contributed by atoms with Crippen LogP contribution in [0.25, 0.3) is 0 Å². The number of benzene rings is 1. The molecule has 1 atom stereocenters. The van der Waals surface area contributed by atoms with Gasteiger partial charge in [-0.1, -0.05) is 43.4 Å². The molecule has 2 N–H and O–H groups in total. The van der Waals surface area contributed by atoms with Crippen LogP contribution in [0.4, 0.5) is 4.79 Å². The number of hydrogen-bond acceptors (Lipinski definition) is 3. The largest absolute Gasteiger partial charge is 0.445 e. The van der Waals surface area contributed by atoms with Crippen molar-refractivity contribution in [3.63, 3.8) is 0 Å². The smallest absolute Gasteiger partial charge is 0.407 e. The maximum absolute atomic E-state index is 11.6. The quantitative estimate of drug-likeness (QED) is 0.830. The fourth-order valence-electron chi connectivity index (χ4n) is 2.36. The minimum absolute atomic E-state index is 0.324. The van der Waals surface area contributed by atoms with Gasteiger partial charge in [-0.05, 0) is 17.8 Å². The van der Waals surface area contributed by atoms with Crippen LogP contribution >= 0.6 is 0 Å². The highest BCUT2D eigenvalue weighted by Gasteiger charge is 2.32. The SMILES string of the molecule is C[Si]1(C)CN[C@H](CNC(=O)OCc2ccccc2)C1. The van der Waals surface area contributed by atoms with Gasteiger partial charge in [0.2, 0.25) is 0 Å². The average Bonchev–Trinajstić information content (AvgIpc) is 2.75. The maximum atomic E-state index is 11.6. The van der Waals surface area contributed by atoms with Crippen LogP contribution in [-0.2, 0) is 11.3 Å². The molecule has 19 heavy (non-hydrogen) atoms. The molecule has 5 heteroatoms. The highest BCUT2D eigenvalue weighted by molar-refractivity contribution is 6.78. The van der Waals surface area contributed by atoms with Gasteiger partial charge >= 0.3 is 6.09 Å². The monoisotopic (exact) mass is 278 g/mol. The number of carbonyl (C=O) groups is 1. The molecule has 0 aromatic heterocycles. The first-order chi connectivity index (χ1) is 9.05. The van der Waals surface area contributed by atoms with Crippen LogP contribution in [0.15, 0.2) is 30.3 Å². The Kier molecular flexibility index (Phi) is 4.60. The van der Waals surface area contributed by atoms with E-state index >= 15 is 0 Å². The standard InChI is InChI=1S/C14H22N2O2Si/c1-19(2)10-13(16-11-19)8-15-14(17)18-9-12-6-4-3-5-7-12/h3-7,13,16H,8-11H2,1-2H3,(H,15,17)/t13-/m1/s1. The number of ether oxygens (including phenoxy) is 1. The Morgan fingerprint density at radius 3 is 2.79 bits per heavy atom. The van der Waals surface area contributed by atoms with E-state index in [1.165, 1.54) is 6.04 Å². The van der Waals surface area contributed by atoms with E-state index in [9.17, 15) is 4.79 Å². The number of amides is 1. The maximum Gasteiger partial charge on any atom is 0.407 e. The second-order valence-electron chi connectivity index (χ2n) is 5.89. The van der Waals surface area contributed by atoms with Crippen molar-refractivity contribution in [2.24, 2.45) is 0 Å². The molecule has 1 aromatic rings. The molecule has 104 valence electrons. The van der Waals surface area contributed by atoms with Crippen molar-refractivity contribution in [3.8, 4) is 0 Å². The average molecular weight is 278 g/mol. The van der Waals surface area contributed by atoms with Crippen molar-refractivity contribution in [1.82, 2.24) is 10.6 Å². The Bertz CT molecular complexity index is 423. The molecule has 2 rings (SSSR count). The summed E-state index contributed by atoms with van der Waals surface area (Å²) >= 11 is 0. The third-order valence-corrected chi connectivity index (χ3v) is 6.13. The lowest BCUT2D eigenvalue weighted by Gasteiger charge is -2.14. The Balaban J connectivity index is 1.65. The molecule has 0 spiro atoms. The molecule has 1 aliphatic rings. The number of carbonyl (C=O) groups excluding carboxylic acids is 1. The second-order valence-corrected chi connectivity index (χ2v) is 11.0. The fraction of sp³-hybridized carbons (Fsp3) is 0.500. The summed E-state index contributed by atoms with van der Waals surface area (Å²) in [4.78, 5) is 11.6. The predicted molar refractivity (Wildman–Crippen MR) is 78.7 cm³/mol. The van der Waals surface area contributed by atoms with Gasteiger partial charge in [0.1, 0.15) is 6.61 Å². The van der Waals surface area contributed by atoms with E-state index in [2.05, 4.69) is 23.7 Å². The van der Waals surface area contributed by atoms with E-state index in [-0.39, 0.29) is 6.09 Å². The minimum atomic E-state index is -1.05. The third-order valence-electron chi connectivity index (χ3n) is 3.37. The van der Waals surface area contributed by atoms with E-state index < -0.39 is 8.07 Å². The molecule has 0 unspecified atom stereocenters. The molecular formula is C14H22N2O2Si. The summed E-state index contributed by atoms with van der Waals surface area (Å²) in [7, 11) is -1.05. The number of hydrogen-bond donors (Lipinski definition) is 2. The van der Waals surface area contributed by atoms with Gasteiger partial charge in [0.15, 0.2) is 0 Å². The second kappa shape index (κ2) is 6.21. The molecule has 0 aliphatic carbocycles. The Morgan fingerprint density at radius 2 is 2.16 bits per heavy atom. The minimum Gasteiger partial charge on any atom is -0.445 e. The predicted octanol–water partition coefficient (Wildman–Crippen LogP) is 2.13. The summed E-state index contributed by atoms with van der Waals surface area (Å²) in [6.07, 6.45) is 0.801. The highest BCUT2D eigenvalue weighted by Crippen LogP contribution is 2.17. The molecule has 1 heterocycles. The van der Waals surface area contributed by atoms with Gasteiger partial charge in [-0.3, -0.25) is 0 Å². The van der Waals surface area contributed by atoms with Gasteiger partial charge in [-0.15, -0.1) is 0 Å². The van der Waals surface area contributed by atoms with Gasteiger partial charge in [0.25, 0.3) is 0 Å². The fourth-order valence-corrected chi connectivity index (χ4v) is 4.97. The number of alkyl carbamates (subject to hydrolysis) is 1. The van der Waals surface area contributed by atoms with Crippen molar-refractivity contribution in [1.29, 1.82) is 0 Å². The van der Waals surface area contributed by atoms with Crippen molar-refractivity contribution in [2.75, 3.05) is 12.7 Å². The molecule has 0 bridgehead atoms. The van der Waals surface area contributed by atoms with Gasteiger partial charge < -0.3 is 15.4 Å². The summed E-state index contributed by atoms with van der Waals surface area (Å²) in [6.45, 7) is 5.72. The summed E-state index contributed by atoms with van der Waals surface area (Å²) in [6, 6.07) is 11.3. The summed E-state index contributed by atoms with van der Waals surface area (Å²) in [5.41, 5.74) is 1.00. The van der Waals surface area contributed by atoms with Gasteiger partial charge in [-0.2, -0.15) is 0 Å². The summed E-state index contributed by atoms with van der Waals surface area (Å²) in [5, 5.41) is 6.30. The van der Waals surface area contributed by atoms with E-state index in [0.717, 1.165) is 11.7 Å². The van der Waals surface area contributed by atoms with E-state index in [4.69, 9.17) is 4.74 Å².